The first-order valence-corrected chi connectivity index (χ1v) is 20.1. The van der Waals surface area contributed by atoms with E-state index in [1.165, 1.54) is 120 Å². The Morgan fingerprint density at radius 1 is 0.345 bits per heavy atom. The van der Waals surface area contributed by atoms with E-state index in [0.29, 0.717) is 0 Å². The zero-order valence-electron chi connectivity index (χ0n) is 31.9. The third-order valence-electron chi connectivity index (χ3n) is 12.7. The first-order valence-electron chi connectivity index (χ1n) is 20.1. The zero-order chi connectivity index (χ0) is 38.5. The molecule has 268 valence electrons. The zero-order valence-corrected chi connectivity index (χ0v) is 31.9. The van der Waals surface area contributed by atoms with Crippen LogP contribution in [0.1, 0.15) is 5.56 Å². The largest absolute Gasteiger partial charge is 0.0990 e. The molecule has 12 aromatic carbocycles. The van der Waals surface area contributed by atoms with Crippen LogP contribution >= 0.6 is 0 Å². The molecule has 0 saturated heterocycles. The van der Waals surface area contributed by atoms with Gasteiger partial charge in [-0.15, -0.1) is 0 Å². The van der Waals surface area contributed by atoms with Gasteiger partial charge in [-0.25, -0.2) is 0 Å². The summed E-state index contributed by atoms with van der Waals surface area (Å²) in [6.07, 6.45) is 5.91. The average molecular weight is 733 g/mol. The van der Waals surface area contributed by atoms with Crippen molar-refractivity contribution in [3.05, 3.63) is 213 Å². The number of hydrogen-bond donors (Lipinski definition) is 0. The fourth-order valence-electron chi connectivity index (χ4n) is 10.4. The topological polar surface area (TPSA) is 0 Å². The Bertz CT molecular complexity index is 3690. The molecule has 0 saturated carbocycles. The smallest absolute Gasteiger partial charge is 0.000718 e. The highest BCUT2D eigenvalue weighted by Gasteiger charge is 2.28. The van der Waals surface area contributed by atoms with Crippen molar-refractivity contribution in [1.82, 2.24) is 0 Å². The van der Waals surface area contributed by atoms with Gasteiger partial charge < -0.3 is 0 Å². The van der Waals surface area contributed by atoms with Crippen LogP contribution in [0.15, 0.2) is 207 Å². The molecule has 0 unspecified atom stereocenters. The van der Waals surface area contributed by atoms with Gasteiger partial charge in [0.25, 0.3) is 0 Å². The van der Waals surface area contributed by atoms with Gasteiger partial charge in [-0.1, -0.05) is 201 Å². The molecule has 0 aliphatic heterocycles. The van der Waals surface area contributed by atoms with E-state index < -0.39 is 0 Å². The molecule has 0 heterocycles. The van der Waals surface area contributed by atoms with E-state index in [4.69, 9.17) is 0 Å². The van der Waals surface area contributed by atoms with Crippen LogP contribution < -0.4 is 0 Å². The van der Waals surface area contributed by atoms with Gasteiger partial charge >= 0.3 is 0 Å². The Hall–Kier alpha value is -7.54. The van der Waals surface area contributed by atoms with Crippen molar-refractivity contribution in [2.75, 3.05) is 0 Å². The summed E-state index contributed by atoms with van der Waals surface area (Å²) >= 11 is 0. The highest BCUT2D eigenvalue weighted by Crippen LogP contribution is 2.56. The highest BCUT2D eigenvalue weighted by atomic mass is 14.3. The van der Waals surface area contributed by atoms with Gasteiger partial charge in [0.15, 0.2) is 0 Å². The lowest BCUT2D eigenvalue weighted by atomic mass is 9.82. The minimum absolute atomic E-state index is 1.05. The van der Waals surface area contributed by atoms with Crippen LogP contribution in [0, 0.1) is 0 Å². The summed E-state index contributed by atoms with van der Waals surface area (Å²) in [5.41, 5.74) is 9.63. The fourth-order valence-corrected chi connectivity index (χ4v) is 10.4. The number of benzene rings is 10. The van der Waals surface area contributed by atoms with Crippen LogP contribution in [0.4, 0.5) is 0 Å². The number of allylic oxidation sites excluding steroid dienone is 4. The van der Waals surface area contributed by atoms with Crippen LogP contribution in [-0.4, -0.2) is 0 Å². The average Bonchev–Trinajstić information content (AvgIpc) is 3.79. The summed E-state index contributed by atoms with van der Waals surface area (Å²) in [4.78, 5) is 0. The monoisotopic (exact) mass is 732 g/mol. The third kappa shape index (κ3) is 4.40. The molecule has 0 fully saturated rings. The maximum atomic E-state index is 4.29. The van der Waals surface area contributed by atoms with Gasteiger partial charge in [0.2, 0.25) is 0 Å². The van der Waals surface area contributed by atoms with Crippen LogP contribution in [0.5, 0.6) is 0 Å². The van der Waals surface area contributed by atoms with Crippen LogP contribution in [0.25, 0.3) is 125 Å². The second-order valence-electron chi connectivity index (χ2n) is 15.5. The summed E-state index contributed by atoms with van der Waals surface area (Å²) in [5.74, 6) is 0. The molecule has 0 atom stereocenters. The summed E-state index contributed by atoms with van der Waals surface area (Å²) in [6.45, 7) is 8.38. The molecule has 0 aromatic heterocycles. The van der Waals surface area contributed by atoms with E-state index in [1.54, 1.807) is 0 Å². The quantitative estimate of drug-likeness (QED) is 0.118. The summed E-state index contributed by atoms with van der Waals surface area (Å²) < 4.78 is 0. The number of fused-ring (bicyclic) bond motifs is 9. The van der Waals surface area contributed by atoms with E-state index in [1.807, 2.05) is 12.2 Å². The van der Waals surface area contributed by atoms with E-state index in [-0.39, 0.29) is 0 Å². The molecule has 0 nitrogen and oxygen atoms in total. The predicted octanol–water partition coefficient (Wildman–Crippen LogP) is 16.5. The molecule has 12 aromatic rings. The van der Waals surface area contributed by atoms with Gasteiger partial charge in [0, 0.05) is 0 Å². The van der Waals surface area contributed by atoms with Crippen molar-refractivity contribution >= 4 is 91.8 Å². The molecule has 0 aliphatic rings. The van der Waals surface area contributed by atoms with Gasteiger partial charge in [-0.3, -0.25) is 0 Å². The third-order valence-corrected chi connectivity index (χ3v) is 12.7. The van der Waals surface area contributed by atoms with Crippen molar-refractivity contribution in [2.24, 2.45) is 0 Å². The van der Waals surface area contributed by atoms with Crippen LogP contribution in [-0.2, 0) is 0 Å². The highest BCUT2D eigenvalue weighted by molar-refractivity contribution is 6.45. The van der Waals surface area contributed by atoms with E-state index >= 15 is 0 Å². The first-order chi connectivity index (χ1) is 28.7. The van der Waals surface area contributed by atoms with Gasteiger partial charge in [-0.2, -0.15) is 0 Å². The lowest BCUT2D eigenvalue weighted by Gasteiger charge is -2.21. The Morgan fingerprint density at radius 2 is 0.897 bits per heavy atom. The van der Waals surface area contributed by atoms with Crippen molar-refractivity contribution in [3.63, 3.8) is 0 Å². The number of hydrogen-bond acceptors (Lipinski definition) is 0. The van der Waals surface area contributed by atoms with Crippen LogP contribution in [0.3, 0.4) is 0 Å². The molecule has 0 spiro atoms. The summed E-state index contributed by atoms with van der Waals surface area (Å²) in [7, 11) is 0. The second-order valence-corrected chi connectivity index (χ2v) is 15.5. The fraction of sp³-hybridized carbons (Fsp3) is 0. The maximum absolute atomic E-state index is 4.29. The number of rotatable bonds is 6. The van der Waals surface area contributed by atoms with Gasteiger partial charge in [0.05, 0.1) is 0 Å². The molecule has 58 heavy (non-hydrogen) atoms. The Morgan fingerprint density at radius 3 is 1.71 bits per heavy atom. The minimum atomic E-state index is 1.05. The molecule has 0 aliphatic carbocycles. The Balaban J connectivity index is 1.38. The van der Waals surface area contributed by atoms with E-state index in [0.717, 1.165) is 11.1 Å². The standard InChI is InChI=1S/C58H36/c1-3-17-35(4-2)38-22-10-13-26-44(38)55-51-34-50-42-25-12-11-24-41(42)45-28-15-30-47(54(45)50)56(51)52(37-19-6-5-7-20-37)57-49-33-32-43(46-29-16-31-48(53(46)49)58(55)57)40-27-14-21-36-18-8-9-23-39(36)40/h3-34H,1-2H2. The molecule has 0 bridgehead atoms. The van der Waals surface area contributed by atoms with E-state index in [9.17, 15) is 0 Å². The van der Waals surface area contributed by atoms with Gasteiger partial charge in [0.1, 0.15) is 0 Å². The lowest BCUT2D eigenvalue weighted by Crippen LogP contribution is -1.94. The molecule has 0 heteroatoms. The van der Waals surface area contributed by atoms with Crippen LogP contribution in [0.2, 0.25) is 0 Å². The molecular weight excluding hydrogens is 697 g/mol. The second kappa shape index (κ2) is 12.5. The first kappa shape index (κ1) is 32.7. The van der Waals surface area contributed by atoms with Crippen molar-refractivity contribution in [2.45, 2.75) is 0 Å². The Kier molecular flexibility index (Phi) is 7.03. The molecule has 0 radical (unpaired) electrons. The minimum Gasteiger partial charge on any atom is -0.0990 e. The van der Waals surface area contributed by atoms with Crippen molar-refractivity contribution < 1.29 is 0 Å². The molecular formula is C58H36. The Labute approximate surface area is 336 Å². The van der Waals surface area contributed by atoms with Crippen molar-refractivity contribution in [3.8, 4) is 33.4 Å². The van der Waals surface area contributed by atoms with Crippen molar-refractivity contribution in [1.29, 1.82) is 0 Å². The van der Waals surface area contributed by atoms with E-state index in [2.05, 4.69) is 195 Å². The lowest BCUT2D eigenvalue weighted by molar-refractivity contribution is 1.61. The van der Waals surface area contributed by atoms with Gasteiger partial charge in [-0.05, 0) is 137 Å². The normalized spacial score (nSPS) is 12.4. The molecule has 0 amide bonds. The maximum Gasteiger partial charge on any atom is -0.000718 e. The summed E-state index contributed by atoms with van der Waals surface area (Å²) in [5, 5.41) is 20.6. The SMILES string of the molecule is C=CC=C(C=C)c1ccccc1-c1c2cc3c4ccccc4c4cccc(c2c(-c2ccccc2)c2c5ccc(-c6cccc7ccccc67)c6cccc(c12)c65)c43. The summed E-state index contributed by atoms with van der Waals surface area (Å²) in [6, 6.07) is 65.5. The molecule has 12 rings (SSSR count). The predicted molar refractivity (Wildman–Crippen MR) is 254 cm³/mol. The molecule has 0 N–H and O–H groups in total.